The van der Waals surface area contributed by atoms with E-state index in [2.05, 4.69) is 50.4 Å². The molecule has 202 valence electrons. The molecule has 3 aromatic carbocycles. The van der Waals surface area contributed by atoms with Gasteiger partial charge in [0, 0.05) is 31.5 Å². The summed E-state index contributed by atoms with van der Waals surface area (Å²) in [5.74, 6) is -0.511. The first-order valence-corrected chi connectivity index (χ1v) is 13.5. The summed E-state index contributed by atoms with van der Waals surface area (Å²) in [6.45, 7) is 11.1. The van der Waals surface area contributed by atoms with Gasteiger partial charge < -0.3 is 10.2 Å². The van der Waals surface area contributed by atoms with Crippen molar-refractivity contribution >= 4 is 11.8 Å². The molecule has 3 rings (SSSR count). The van der Waals surface area contributed by atoms with Gasteiger partial charge in [-0.1, -0.05) is 107 Å². The van der Waals surface area contributed by atoms with Gasteiger partial charge in [0.15, 0.2) is 0 Å². The zero-order chi connectivity index (χ0) is 27.7. The molecule has 0 fully saturated rings. The third-order valence-electron chi connectivity index (χ3n) is 6.70. The molecule has 3 aromatic rings. The van der Waals surface area contributed by atoms with E-state index in [0.29, 0.717) is 24.9 Å². The highest BCUT2D eigenvalue weighted by Gasteiger charge is 2.30. The lowest BCUT2D eigenvalue weighted by Crippen LogP contribution is -2.51. The minimum absolute atomic E-state index is 0.0288. The quantitative estimate of drug-likeness (QED) is 0.318. The summed E-state index contributed by atoms with van der Waals surface area (Å²) < 4.78 is 14.7. The summed E-state index contributed by atoms with van der Waals surface area (Å²) in [7, 11) is 0. The summed E-state index contributed by atoms with van der Waals surface area (Å²) in [4.78, 5) is 28.8. The van der Waals surface area contributed by atoms with E-state index in [1.54, 1.807) is 23.1 Å². The summed E-state index contributed by atoms with van der Waals surface area (Å²) in [5, 5.41) is 3.01. The molecule has 0 saturated carbocycles. The molecule has 0 bridgehead atoms. The fourth-order valence-corrected chi connectivity index (χ4v) is 4.35. The number of nitrogens with zero attached hydrogens (tertiary/aromatic N) is 1. The Bertz CT molecular complexity index is 1180. The summed E-state index contributed by atoms with van der Waals surface area (Å²) in [6.07, 6.45) is 1.13. The predicted octanol–water partition coefficient (Wildman–Crippen LogP) is 6.47. The molecule has 1 atom stereocenters. The second-order valence-corrected chi connectivity index (χ2v) is 11.4. The standard InChI is InChI=1S/C33H41FN2O2/c1-24(2)22-35-32(38)30(21-26-11-7-6-8-12-26)36(23-27-13-9-10-14-29(27)34)31(37)20-17-25-15-18-28(19-16-25)33(3,4)5/h6-16,18-19,24,30H,17,20-23H2,1-5H3,(H,35,38). The highest BCUT2D eigenvalue weighted by atomic mass is 19.1. The van der Waals surface area contributed by atoms with Crippen molar-refractivity contribution in [3.63, 3.8) is 0 Å². The van der Waals surface area contributed by atoms with Gasteiger partial charge in [0.1, 0.15) is 11.9 Å². The van der Waals surface area contributed by atoms with E-state index in [4.69, 9.17) is 0 Å². The maximum absolute atomic E-state index is 14.7. The topological polar surface area (TPSA) is 49.4 Å². The molecule has 2 amide bonds. The first-order valence-electron chi connectivity index (χ1n) is 13.5. The molecule has 0 radical (unpaired) electrons. The number of benzene rings is 3. The Labute approximate surface area is 227 Å². The monoisotopic (exact) mass is 516 g/mol. The minimum Gasteiger partial charge on any atom is -0.354 e. The van der Waals surface area contributed by atoms with E-state index < -0.39 is 6.04 Å². The van der Waals surface area contributed by atoms with Crippen LogP contribution in [0.5, 0.6) is 0 Å². The molecule has 0 spiro atoms. The maximum atomic E-state index is 14.7. The molecule has 0 aliphatic carbocycles. The number of nitrogens with one attached hydrogen (secondary N) is 1. The van der Waals surface area contributed by atoms with Crippen LogP contribution in [0.2, 0.25) is 0 Å². The van der Waals surface area contributed by atoms with E-state index in [-0.39, 0.29) is 41.9 Å². The fourth-order valence-electron chi connectivity index (χ4n) is 4.35. The third kappa shape index (κ3) is 8.54. The number of carbonyl (C=O) groups excluding carboxylic acids is 2. The van der Waals surface area contributed by atoms with E-state index in [9.17, 15) is 14.0 Å². The summed E-state index contributed by atoms with van der Waals surface area (Å²) >= 11 is 0. The van der Waals surface area contributed by atoms with Crippen LogP contribution in [0.4, 0.5) is 4.39 Å². The Morgan fingerprint density at radius 1 is 0.868 bits per heavy atom. The number of rotatable bonds is 11. The largest absolute Gasteiger partial charge is 0.354 e. The van der Waals surface area contributed by atoms with Crippen molar-refractivity contribution in [3.05, 3.63) is 107 Å². The lowest BCUT2D eigenvalue weighted by atomic mass is 9.86. The number of aryl methyl sites for hydroxylation is 1. The lowest BCUT2D eigenvalue weighted by molar-refractivity contribution is -0.141. The van der Waals surface area contributed by atoms with Gasteiger partial charge in [0.2, 0.25) is 11.8 Å². The summed E-state index contributed by atoms with van der Waals surface area (Å²) in [6, 6.07) is 23.7. The smallest absolute Gasteiger partial charge is 0.243 e. The van der Waals surface area contributed by atoms with Crippen molar-refractivity contribution < 1.29 is 14.0 Å². The van der Waals surface area contributed by atoms with Gasteiger partial charge in [0.05, 0.1) is 0 Å². The molecule has 0 aliphatic heterocycles. The van der Waals surface area contributed by atoms with Gasteiger partial charge in [-0.3, -0.25) is 9.59 Å². The molecular formula is C33H41FN2O2. The average Bonchev–Trinajstić information content (AvgIpc) is 2.89. The van der Waals surface area contributed by atoms with Gasteiger partial charge >= 0.3 is 0 Å². The van der Waals surface area contributed by atoms with Crippen LogP contribution < -0.4 is 5.32 Å². The van der Waals surface area contributed by atoms with Crippen LogP contribution in [-0.4, -0.2) is 29.3 Å². The molecular weight excluding hydrogens is 475 g/mol. The van der Waals surface area contributed by atoms with E-state index >= 15 is 0 Å². The van der Waals surface area contributed by atoms with Crippen molar-refractivity contribution in [1.29, 1.82) is 0 Å². The van der Waals surface area contributed by atoms with Crippen LogP contribution in [0.3, 0.4) is 0 Å². The molecule has 4 nitrogen and oxygen atoms in total. The molecule has 5 heteroatoms. The van der Waals surface area contributed by atoms with E-state index in [0.717, 1.165) is 11.1 Å². The molecule has 0 aromatic heterocycles. The van der Waals surface area contributed by atoms with Gasteiger partial charge in [-0.2, -0.15) is 0 Å². The highest BCUT2D eigenvalue weighted by molar-refractivity contribution is 5.88. The van der Waals surface area contributed by atoms with Crippen molar-refractivity contribution in [3.8, 4) is 0 Å². The Hall–Kier alpha value is -3.47. The van der Waals surface area contributed by atoms with Gasteiger partial charge in [-0.25, -0.2) is 4.39 Å². The minimum atomic E-state index is -0.758. The summed E-state index contributed by atoms with van der Waals surface area (Å²) in [5.41, 5.74) is 3.69. The van der Waals surface area contributed by atoms with Crippen LogP contribution in [-0.2, 0) is 34.4 Å². The number of halogens is 1. The van der Waals surface area contributed by atoms with Crippen LogP contribution >= 0.6 is 0 Å². The number of carbonyl (C=O) groups is 2. The van der Waals surface area contributed by atoms with Crippen molar-refractivity contribution in [2.75, 3.05) is 6.54 Å². The molecule has 0 saturated heterocycles. The predicted molar refractivity (Wildman–Crippen MR) is 152 cm³/mol. The first kappa shape index (κ1) is 29.1. The molecule has 0 heterocycles. The van der Waals surface area contributed by atoms with Crippen LogP contribution in [0.1, 0.15) is 63.3 Å². The van der Waals surface area contributed by atoms with Crippen molar-refractivity contribution in [2.45, 2.75) is 71.9 Å². The van der Waals surface area contributed by atoms with E-state index in [1.807, 2.05) is 44.2 Å². The van der Waals surface area contributed by atoms with Crippen molar-refractivity contribution in [1.82, 2.24) is 10.2 Å². The zero-order valence-electron chi connectivity index (χ0n) is 23.3. The Balaban J connectivity index is 1.88. The molecule has 1 unspecified atom stereocenters. The zero-order valence-corrected chi connectivity index (χ0v) is 23.3. The first-order chi connectivity index (χ1) is 18.0. The Kier molecular flexibility index (Phi) is 10.2. The van der Waals surface area contributed by atoms with Crippen molar-refractivity contribution in [2.24, 2.45) is 5.92 Å². The normalized spacial score (nSPS) is 12.3. The molecule has 0 aliphatic rings. The molecule has 38 heavy (non-hydrogen) atoms. The van der Waals surface area contributed by atoms with Crippen LogP contribution in [0, 0.1) is 11.7 Å². The third-order valence-corrected chi connectivity index (χ3v) is 6.70. The lowest BCUT2D eigenvalue weighted by Gasteiger charge is -2.32. The van der Waals surface area contributed by atoms with E-state index in [1.165, 1.54) is 11.6 Å². The Morgan fingerprint density at radius 2 is 1.50 bits per heavy atom. The average molecular weight is 517 g/mol. The number of hydrogen-bond acceptors (Lipinski definition) is 2. The van der Waals surface area contributed by atoms with Crippen LogP contribution in [0.15, 0.2) is 78.9 Å². The maximum Gasteiger partial charge on any atom is 0.243 e. The van der Waals surface area contributed by atoms with Gasteiger partial charge in [-0.05, 0) is 40.5 Å². The SMILES string of the molecule is CC(C)CNC(=O)C(Cc1ccccc1)N(Cc1ccccc1F)C(=O)CCc1ccc(C(C)(C)C)cc1. The number of amides is 2. The second kappa shape index (κ2) is 13.4. The second-order valence-electron chi connectivity index (χ2n) is 11.4. The highest BCUT2D eigenvalue weighted by Crippen LogP contribution is 2.23. The van der Waals surface area contributed by atoms with Crippen LogP contribution in [0.25, 0.3) is 0 Å². The van der Waals surface area contributed by atoms with Gasteiger partial charge in [-0.15, -0.1) is 0 Å². The van der Waals surface area contributed by atoms with Gasteiger partial charge in [0.25, 0.3) is 0 Å². The molecule has 1 N–H and O–H groups in total. The number of hydrogen-bond donors (Lipinski definition) is 1. The Morgan fingerprint density at radius 3 is 2.11 bits per heavy atom. The fraction of sp³-hybridized carbons (Fsp3) is 0.394.